The standard InChI is InChI=1S/C24H28ClN5O.C24H27ClN4O2/c1-28(2)18-10-12-30(15-18)24(31)16-9-11-29(14-16)17-7-8-20(25)19(13-17)23-26-21-5-3-4-6-22(21)27-23;1-16-4-7-21-22(13-16)27-23(26-21)19-14-18(5-6-20(19)25)29-8-2-3-17(15-29)24(30)28-9-11-31-12-10-28/h3-8,13,16,18H,9-12,14-15H2,1-2H3,(H,26,27);4-7,13-14,17H,2-3,8-12,15H2,1H3,(H,26,27). The molecule has 3 unspecified atom stereocenters. The van der Waals surface area contributed by atoms with Gasteiger partial charge < -0.3 is 39.2 Å². The number of likely N-dealkylation sites (tertiary alicyclic amines) is 1. The number of ether oxygens (including phenoxy) is 1. The molecule has 12 nitrogen and oxygen atoms in total. The molecule has 3 atom stereocenters. The summed E-state index contributed by atoms with van der Waals surface area (Å²) in [6.07, 6.45) is 3.90. The van der Waals surface area contributed by atoms with E-state index >= 15 is 0 Å². The van der Waals surface area contributed by atoms with Crippen molar-refractivity contribution in [3.05, 3.63) is 94.5 Å². The number of aryl methyl sites for hydroxylation is 1. The highest BCUT2D eigenvalue weighted by atomic mass is 35.5. The van der Waals surface area contributed by atoms with Crippen LogP contribution in [0, 0.1) is 18.8 Å². The lowest BCUT2D eigenvalue weighted by molar-refractivity contribution is -0.140. The molecule has 4 saturated heterocycles. The van der Waals surface area contributed by atoms with Crippen molar-refractivity contribution in [2.45, 2.75) is 38.6 Å². The second-order valence-corrected chi connectivity index (χ2v) is 18.2. The molecule has 4 aliphatic heterocycles. The Hall–Kier alpha value is -5.14. The normalized spacial score (nSPS) is 20.6. The molecule has 14 heteroatoms. The van der Waals surface area contributed by atoms with Crippen molar-refractivity contribution >= 4 is 68.5 Å². The maximum Gasteiger partial charge on any atom is 0.227 e. The van der Waals surface area contributed by atoms with E-state index in [1.54, 1.807) is 0 Å². The largest absolute Gasteiger partial charge is 0.378 e. The molecule has 4 fully saturated rings. The number of halogens is 2. The third kappa shape index (κ3) is 9.02. The summed E-state index contributed by atoms with van der Waals surface area (Å²) in [7, 11) is 4.19. The van der Waals surface area contributed by atoms with Crippen LogP contribution in [0.4, 0.5) is 11.4 Å². The lowest BCUT2D eigenvalue weighted by atomic mass is 9.95. The first-order valence-corrected chi connectivity index (χ1v) is 22.7. The number of hydrogen-bond acceptors (Lipinski definition) is 8. The van der Waals surface area contributed by atoms with Crippen LogP contribution in [0.3, 0.4) is 0 Å². The number of benzene rings is 4. The van der Waals surface area contributed by atoms with Gasteiger partial charge in [0.15, 0.2) is 0 Å². The number of anilines is 2. The number of aromatic nitrogens is 4. The molecule has 62 heavy (non-hydrogen) atoms. The van der Waals surface area contributed by atoms with Gasteiger partial charge in [0.1, 0.15) is 11.6 Å². The Morgan fingerprint density at radius 3 is 1.94 bits per heavy atom. The molecular formula is C48H55Cl2N9O3. The van der Waals surface area contributed by atoms with E-state index in [1.165, 1.54) is 5.56 Å². The molecule has 0 aliphatic carbocycles. The first-order chi connectivity index (χ1) is 30.1. The molecule has 324 valence electrons. The van der Waals surface area contributed by atoms with Crippen LogP contribution < -0.4 is 9.80 Å². The lowest BCUT2D eigenvalue weighted by Gasteiger charge is -2.37. The van der Waals surface area contributed by atoms with Crippen LogP contribution in [-0.2, 0) is 14.3 Å². The number of piperidine rings is 1. The number of rotatable bonds is 7. The average Bonchev–Trinajstić information content (AvgIpc) is 4.13. The SMILES string of the molecule is CN(C)C1CCN(C(=O)C2CCN(c3ccc(Cl)c(-c4nc5ccccc5[nH]4)c3)C2)C1.Cc1ccc2nc(-c3cc(N4CCCC(C(=O)N5CCOCC5)C4)ccc3Cl)[nH]c2c1. The van der Waals surface area contributed by atoms with Gasteiger partial charge in [-0.2, -0.15) is 0 Å². The molecule has 0 spiro atoms. The average molecular weight is 877 g/mol. The van der Waals surface area contributed by atoms with Gasteiger partial charge in [0.2, 0.25) is 11.8 Å². The number of H-pyrrole nitrogens is 2. The van der Waals surface area contributed by atoms with Crippen LogP contribution in [0.5, 0.6) is 0 Å². The fourth-order valence-electron chi connectivity index (χ4n) is 9.39. The highest BCUT2D eigenvalue weighted by Crippen LogP contribution is 2.36. The Labute approximate surface area is 373 Å². The van der Waals surface area contributed by atoms with Gasteiger partial charge in [0, 0.05) is 80.9 Å². The van der Waals surface area contributed by atoms with Crippen LogP contribution in [0.1, 0.15) is 31.2 Å². The zero-order valence-corrected chi connectivity index (χ0v) is 37.3. The lowest BCUT2D eigenvalue weighted by Crippen LogP contribution is -2.48. The number of imidazole rings is 2. The third-order valence-electron chi connectivity index (χ3n) is 13.0. The number of aromatic amines is 2. The molecule has 0 saturated carbocycles. The first kappa shape index (κ1) is 42.2. The van der Waals surface area contributed by atoms with Crippen LogP contribution in [-0.4, -0.2) is 132 Å². The van der Waals surface area contributed by atoms with Crippen LogP contribution in [0.25, 0.3) is 44.8 Å². The van der Waals surface area contributed by atoms with E-state index in [-0.39, 0.29) is 17.7 Å². The predicted molar refractivity (Wildman–Crippen MR) is 249 cm³/mol. The zero-order valence-electron chi connectivity index (χ0n) is 35.7. The highest BCUT2D eigenvalue weighted by molar-refractivity contribution is 6.33. The van der Waals surface area contributed by atoms with Gasteiger partial charge in [-0.05, 0) is 113 Å². The zero-order chi connectivity index (χ0) is 42.9. The second-order valence-electron chi connectivity index (χ2n) is 17.4. The summed E-state index contributed by atoms with van der Waals surface area (Å²) in [5.41, 5.74) is 8.97. The van der Waals surface area contributed by atoms with Gasteiger partial charge in [0.25, 0.3) is 0 Å². The summed E-state index contributed by atoms with van der Waals surface area (Å²) in [5, 5.41) is 1.33. The molecule has 10 rings (SSSR count). The molecule has 4 aromatic carbocycles. The molecule has 6 aromatic rings. The highest BCUT2D eigenvalue weighted by Gasteiger charge is 2.36. The molecule has 2 N–H and O–H groups in total. The quantitative estimate of drug-likeness (QED) is 0.165. The van der Waals surface area contributed by atoms with E-state index in [1.807, 2.05) is 59.5 Å². The number of carbonyl (C=O) groups excluding carboxylic acids is 2. The van der Waals surface area contributed by atoms with Crippen molar-refractivity contribution in [2.75, 3.05) is 89.5 Å². The van der Waals surface area contributed by atoms with Crippen LogP contribution >= 0.6 is 23.2 Å². The van der Waals surface area contributed by atoms with E-state index in [4.69, 9.17) is 37.9 Å². The smallest absolute Gasteiger partial charge is 0.227 e. The summed E-state index contributed by atoms with van der Waals surface area (Å²) in [6, 6.07) is 26.7. The molecule has 6 heterocycles. The van der Waals surface area contributed by atoms with Crippen molar-refractivity contribution in [3.63, 3.8) is 0 Å². The summed E-state index contributed by atoms with van der Waals surface area (Å²) in [4.78, 5) is 53.2. The maximum atomic E-state index is 13.1. The van der Waals surface area contributed by atoms with Crippen molar-refractivity contribution in [3.8, 4) is 22.8 Å². The van der Waals surface area contributed by atoms with E-state index in [0.29, 0.717) is 48.3 Å². The van der Waals surface area contributed by atoms with E-state index < -0.39 is 0 Å². The topological polar surface area (TPSA) is 117 Å². The summed E-state index contributed by atoms with van der Waals surface area (Å²) in [5.74, 6) is 2.19. The van der Waals surface area contributed by atoms with Crippen LogP contribution in [0.15, 0.2) is 78.9 Å². The molecule has 0 radical (unpaired) electrons. The maximum absolute atomic E-state index is 13.1. The minimum atomic E-state index is 0.0279. The molecule has 2 aromatic heterocycles. The second kappa shape index (κ2) is 18.3. The number of fused-ring (bicyclic) bond motifs is 2. The summed E-state index contributed by atoms with van der Waals surface area (Å²) >= 11 is 13.1. The number of nitrogens with zero attached hydrogens (tertiary/aromatic N) is 7. The minimum absolute atomic E-state index is 0.0279. The number of amides is 2. The number of carbonyl (C=O) groups is 2. The Balaban J connectivity index is 0.000000158. The molecule has 0 bridgehead atoms. The number of nitrogens with one attached hydrogen (secondary N) is 2. The van der Waals surface area contributed by atoms with Gasteiger partial charge in [-0.15, -0.1) is 0 Å². The Kier molecular flexibility index (Phi) is 12.4. The van der Waals surface area contributed by atoms with Gasteiger partial charge in [-0.25, -0.2) is 9.97 Å². The number of hydrogen-bond donors (Lipinski definition) is 2. The van der Waals surface area contributed by atoms with Gasteiger partial charge >= 0.3 is 0 Å². The Morgan fingerprint density at radius 1 is 0.661 bits per heavy atom. The monoisotopic (exact) mass is 875 g/mol. The van der Waals surface area contributed by atoms with E-state index in [9.17, 15) is 9.59 Å². The van der Waals surface area contributed by atoms with Crippen molar-refractivity contribution in [1.82, 2.24) is 34.6 Å². The van der Waals surface area contributed by atoms with Gasteiger partial charge in [0.05, 0.1) is 57.2 Å². The summed E-state index contributed by atoms with van der Waals surface area (Å²) in [6.45, 7) is 9.76. The Morgan fingerprint density at radius 2 is 1.27 bits per heavy atom. The predicted octanol–water partition coefficient (Wildman–Crippen LogP) is 8.14. The first-order valence-electron chi connectivity index (χ1n) is 21.9. The molecule has 4 aliphatic rings. The fraction of sp³-hybridized carbons (Fsp3) is 0.417. The Bertz CT molecular complexity index is 2530. The fourth-order valence-corrected chi connectivity index (χ4v) is 9.80. The number of likely N-dealkylation sites (N-methyl/N-ethyl adjacent to an activating group) is 1. The van der Waals surface area contributed by atoms with Gasteiger partial charge in [-0.3, -0.25) is 9.59 Å². The van der Waals surface area contributed by atoms with Crippen LogP contribution in [0.2, 0.25) is 10.0 Å². The van der Waals surface area contributed by atoms with Gasteiger partial charge in [-0.1, -0.05) is 41.4 Å². The molecular weight excluding hydrogens is 821 g/mol. The molecule has 2 amide bonds. The minimum Gasteiger partial charge on any atom is -0.378 e. The summed E-state index contributed by atoms with van der Waals surface area (Å²) < 4.78 is 5.40. The number of morpholine rings is 1. The van der Waals surface area contributed by atoms with E-state index in [2.05, 4.69) is 74.9 Å². The van der Waals surface area contributed by atoms with E-state index in [0.717, 1.165) is 121 Å². The van der Waals surface area contributed by atoms with Crippen molar-refractivity contribution in [2.24, 2.45) is 11.8 Å². The number of para-hydroxylation sites is 2. The van der Waals surface area contributed by atoms with Crippen molar-refractivity contribution in [1.29, 1.82) is 0 Å². The third-order valence-corrected chi connectivity index (χ3v) is 13.7. The van der Waals surface area contributed by atoms with Crippen molar-refractivity contribution < 1.29 is 14.3 Å².